The molecule has 0 rings (SSSR count). The highest BCUT2D eigenvalue weighted by molar-refractivity contribution is 6.17. The molecular weight excluding hydrogens is 254 g/mol. The molecule has 1 N–H and O–H groups in total. The van der Waals surface area contributed by atoms with Gasteiger partial charge in [-0.3, -0.25) is 4.79 Å². The van der Waals surface area contributed by atoms with Gasteiger partial charge in [-0.1, -0.05) is 19.4 Å². The Morgan fingerprint density at radius 1 is 1.06 bits per heavy atom. The number of hydrogen-bond acceptors (Lipinski definition) is 3. The Hall–Kier alpha value is -0.580. The molecule has 0 aromatic carbocycles. The molecule has 106 valence electrons. The van der Waals surface area contributed by atoms with E-state index in [0.29, 0.717) is 26.4 Å². The summed E-state index contributed by atoms with van der Waals surface area (Å²) in [7, 11) is 0. The smallest absolute Gasteiger partial charge is 0.243 e. The maximum atomic E-state index is 10.8. The van der Waals surface area contributed by atoms with Crippen molar-refractivity contribution in [1.29, 1.82) is 0 Å². The Morgan fingerprint density at radius 2 is 1.72 bits per heavy atom. The number of ether oxygens (including phenoxy) is 2. The molecule has 0 bridgehead atoms. The van der Waals surface area contributed by atoms with E-state index in [-0.39, 0.29) is 5.91 Å². The number of carbonyl (C=O) groups excluding carboxylic acids is 1. The van der Waals surface area contributed by atoms with Gasteiger partial charge in [-0.25, -0.2) is 0 Å². The van der Waals surface area contributed by atoms with E-state index in [1.165, 1.54) is 18.9 Å². The fourth-order valence-electron chi connectivity index (χ4n) is 1.29. The SMILES string of the molecule is C=CC(=O)NCCOCCOCCCCCCCl. The minimum absolute atomic E-state index is 0.174. The first-order chi connectivity index (χ1) is 8.81. The number of alkyl halides is 1. The molecule has 0 aromatic rings. The summed E-state index contributed by atoms with van der Waals surface area (Å²) in [5.41, 5.74) is 0. The van der Waals surface area contributed by atoms with Crippen molar-refractivity contribution in [3.05, 3.63) is 12.7 Å². The van der Waals surface area contributed by atoms with E-state index in [1.54, 1.807) is 0 Å². The number of amides is 1. The molecule has 0 aliphatic carbocycles. The summed E-state index contributed by atoms with van der Waals surface area (Å²) in [6.45, 7) is 6.30. The molecule has 0 fully saturated rings. The molecular formula is C13H24ClNO3. The van der Waals surface area contributed by atoms with E-state index >= 15 is 0 Å². The van der Waals surface area contributed by atoms with Crippen LogP contribution >= 0.6 is 11.6 Å². The third-order valence-electron chi connectivity index (χ3n) is 2.28. The van der Waals surface area contributed by atoms with Gasteiger partial charge in [0.2, 0.25) is 5.91 Å². The van der Waals surface area contributed by atoms with Crippen LogP contribution in [0.5, 0.6) is 0 Å². The molecule has 5 heteroatoms. The normalized spacial score (nSPS) is 10.3. The monoisotopic (exact) mass is 277 g/mol. The Bertz CT molecular complexity index is 212. The van der Waals surface area contributed by atoms with Crippen LogP contribution in [0.3, 0.4) is 0 Å². The average Bonchev–Trinajstić information content (AvgIpc) is 2.39. The molecule has 0 saturated carbocycles. The Balaban J connectivity index is 2.98. The molecule has 18 heavy (non-hydrogen) atoms. The van der Waals surface area contributed by atoms with Crippen molar-refractivity contribution >= 4 is 17.5 Å². The van der Waals surface area contributed by atoms with Gasteiger partial charge in [0.25, 0.3) is 0 Å². The van der Waals surface area contributed by atoms with Crippen molar-refractivity contribution in [3.63, 3.8) is 0 Å². The number of unbranched alkanes of at least 4 members (excludes halogenated alkanes) is 3. The lowest BCUT2D eigenvalue weighted by Gasteiger charge is -2.06. The maximum absolute atomic E-state index is 10.8. The van der Waals surface area contributed by atoms with Gasteiger partial charge in [0.15, 0.2) is 0 Å². The fourth-order valence-corrected chi connectivity index (χ4v) is 1.48. The van der Waals surface area contributed by atoms with Crippen LogP contribution in [0.2, 0.25) is 0 Å². The zero-order chi connectivity index (χ0) is 13.5. The second-order valence-electron chi connectivity index (χ2n) is 3.82. The predicted molar refractivity (Wildman–Crippen MR) is 74.0 cm³/mol. The molecule has 0 saturated heterocycles. The van der Waals surface area contributed by atoms with Crippen molar-refractivity contribution in [2.24, 2.45) is 0 Å². The van der Waals surface area contributed by atoms with Gasteiger partial charge in [-0.15, -0.1) is 11.6 Å². The maximum Gasteiger partial charge on any atom is 0.243 e. The van der Waals surface area contributed by atoms with Crippen molar-refractivity contribution < 1.29 is 14.3 Å². The predicted octanol–water partition coefficient (Wildman–Crippen LogP) is 2.12. The molecule has 1 amide bonds. The van der Waals surface area contributed by atoms with E-state index in [4.69, 9.17) is 21.1 Å². The second-order valence-corrected chi connectivity index (χ2v) is 4.20. The third kappa shape index (κ3) is 13.5. The molecule has 0 aromatic heterocycles. The first-order valence-corrected chi connectivity index (χ1v) is 6.96. The van der Waals surface area contributed by atoms with E-state index in [0.717, 1.165) is 25.3 Å². The van der Waals surface area contributed by atoms with Crippen LogP contribution in [0, 0.1) is 0 Å². The molecule has 0 aliphatic rings. The van der Waals surface area contributed by atoms with Gasteiger partial charge in [-0.05, 0) is 18.9 Å². The highest BCUT2D eigenvalue weighted by atomic mass is 35.5. The summed E-state index contributed by atoms with van der Waals surface area (Å²) in [6.07, 6.45) is 5.74. The van der Waals surface area contributed by atoms with Crippen LogP contribution in [-0.4, -0.2) is 44.8 Å². The molecule has 0 unspecified atom stereocenters. The molecule has 0 atom stereocenters. The van der Waals surface area contributed by atoms with Gasteiger partial charge in [0.05, 0.1) is 19.8 Å². The van der Waals surface area contributed by atoms with Crippen molar-refractivity contribution in [3.8, 4) is 0 Å². The van der Waals surface area contributed by atoms with Crippen LogP contribution in [-0.2, 0) is 14.3 Å². The van der Waals surface area contributed by atoms with Crippen LogP contribution in [0.15, 0.2) is 12.7 Å². The lowest BCUT2D eigenvalue weighted by molar-refractivity contribution is -0.116. The number of carbonyl (C=O) groups is 1. The van der Waals surface area contributed by atoms with E-state index < -0.39 is 0 Å². The minimum Gasteiger partial charge on any atom is -0.379 e. The largest absolute Gasteiger partial charge is 0.379 e. The van der Waals surface area contributed by atoms with Gasteiger partial charge < -0.3 is 14.8 Å². The summed E-state index contributed by atoms with van der Waals surface area (Å²) >= 11 is 5.57. The Labute approximate surface area is 115 Å². The second kappa shape index (κ2) is 14.5. The molecule has 0 spiro atoms. The van der Waals surface area contributed by atoms with Gasteiger partial charge >= 0.3 is 0 Å². The van der Waals surface area contributed by atoms with Crippen molar-refractivity contribution in [1.82, 2.24) is 5.32 Å². The summed E-state index contributed by atoms with van der Waals surface area (Å²) < 4.78 is 10.7. The van der Waals surface area contributed by atoms with Gasteiger partial charge in [0, 0.05) is 19.0 Å². The highest BCUT2D eigenvalue weighted by Crippen LogP contribution is 2.00. The van der Waals surface area contributed by atoms with Crippen LogP contribution < -0.4 is 5.32 Å². The van der Waals surface area contributed by atoms with Gasteiger partial charge in [0.1, 0.15) is 0 Å². The Kier molecular flexibility index (Phi) is 14.0. The first kappa shape index (κ1) is 17.4. The minimum atomic E-state index is -0.174. The van der Waals surface area contributed by atoms with E-state index in [1.807, 2.05) is 0 Å². The van der Waals surface area contributed by atoms with Crippen LogP contribution in [0.1, 0.15) is 25.7 Å². The Morgan fingerprint density at radius 3 is 2.39 bits per heavy atom. The number of hydrogen-bond donors (Lipinski definition) is 1. The zero-order valence-electron chi connectivity index (χ0n) is 11.0. The standard InChI is InChI=1S/C13H24ClNO3/c1-2-13(16)15-8-10-18-12-11-17-9-6-4-3-5-7-14/h2H,1,3-12H2,(H,15,16). The summed E-state index contributed by atoms with van der Waals surface area (Å²) in [4.78, 5) is 10.8. The lowest BCUT2D eigenvalue weighted by atomic mass is 10.2. The fraction of sp³-hybridized carbons (Fsp3) is 0.769. The third-order valence-corrected chi connectivity index (χ3v) is 2.54. The molecule has 4 nitrogen and oxygen atoms in total. The number of halogens is 1. The number of rotatable bonds is 13. The quantitative estimate of drug-likeness (QED) is 0.319. The summed E-state index contributed by atoms with van der Waals surface area (Å²) in [5, 5.41) is 2.63. The zero-order valence-corrected chi connectivity index (χ0v) is 11.7. The molecule has 0 heterocycles. The first-order valence-electron chi connectivity index (χ1n) is 6.43. The van der Waals surface area contributed by atoms with Gasteiger partial charge in [-0.2, -0.15) is 0 Å². The molecule has 0 aliphatic heterocycles. The number of nitrogens with one attached hydrogen (secondary N) is 1. The van der Waals surface area contributed by atoms with Crippen LogP contribution in [0.4, 0.5) is 0 Å². The summed E-state index contributed by atoms with van der Waals surface area (Å²) in [5.74, 6) is 0.573. The van der Waals surface area contributed by atoms with E-state index in [2.05, 4.69) is 11.9 Å². The highest BCUT2D eigenvalue weighted by Gasteiger charge is 1.94. The topological polar surface area (TPSA) is 47.6 Å². The van der Waals surface area contributed by atoms with Crippen molar-refractivity contribution in [2.75, 3.05) is 38.9 Å². The molecule has 0 radical (unpaired) electrons. The van der Waals surface area contributed by atoms with E-state index in [9.17, 15) is 4.79 Å². The van der Waals surface area contributed by atoms with Crippen molar-refractivity contribution in [2.45, 2.75) is 25.7 Å². The summed E-state index contributed by atoms with van der Waals surface area (Å²) in [6, 6.07) is 0. The average molecular weight is 278 g/mol. The van der Waals surface area contributed by atoms with Crippen LogP contribution in [0.25, 0.3) is 0 Å². The lowest BCUT2D eigenvalue weighted by Crippen LogP contribution is -2.25.